The zero-order valence-electron chi connectivity index (χ0n) is 25.1. The van der Waals surface area contributed by atoms with Gasteiger partial charge in [-0.1, -0.05) is 36.0 Å². The molecular weight excluding hydrogens is 578 g/mol. The molecule has 4 rings (SSSR count). The van der Waals surface area contributed by atoms with Crippen LogP contribution >= 0.6 is 18.7 Å². The van der Waals surface area contributed by atoms with Crippen LogP contribution in [-0.2, 0) is 9.36 Å². The molecule has 0 aliphatic carbocycles. The van der Waals surface area contributed by atoms with Gasteiger partial charge >= 0.3 is 18.9 Å². The molecule has 0 bridgehead atoms. The third kappa shape index (κ3) is 9.86. The maximum absolute atomic E-state index is 12.8. The number of aromatic nitrogens is 2. The second-order valence-corrected chi connectivity index (χ2v) is 13.9. The van der Waals surface area contributed by atoms with Crippen molar-refractivity contribution in [1.82, 2.24) is 19.8 Å². The predicted molar refractivity (Wildman–Crippen MR) is 171 cm³/mol. The fourth-order valence-corrected chi connectivity index (χ4v) is 6.09. The Morgan fingerprint density at radius 3 is 2.74 bits per heavy atom. The minimum Gasteiger partial charge on any atom is -0.551 e. The number of rotatable bonds is 13. The van der Waals surface area contributed by atoms with Gasteiger partial charge in [0, 0.05) is 30.2 Å². The van der Waals surface area contributed by atoms with Crippen LogP contribution in [0.15, 0.2) is 61.3 Å². The standard InChI is InChI=1S/C31H37ClN6O3P.Li/c1-5-29(39)38-18-15-24(16-19-38)37(6-2)17-10-20-41-25-12-9-11-23(21-25)34-31-33-22-26(32)30(36-31)35-27-13-7-8-14-28(27)42(3,4)40;/h5,7-11,13-14,21-22,24H,1-2,6,15-20H2,3-4H3,(H2,33,34,35,36);/q-3;+1. The van der Waals surface area contributed by atoms with E-state index in [1.165, 1.54) is 12.3 Å². The van der Waals surface area contributed by atoms with Crippen LogP contribution in [0.25, 0.3) is 0 Å². The van der Waals surface area contributed by atoms with Gasteiger partial charge in [-0.05, 0) is 51.0 Å². The largest absolute Gasteiger partial charge is 1.00 e. The van der Waals surface area contributed by atoms with Crippen molar-refractivity contribution in [1.29, 1.82) is 0 Å². The smallest absolute Gasteiger partial charge is 0.551 e. The van der Waals surface area contributed by atoms with Crippen LogP contribution < -0.4 is 39.5 Å². The first-order valence-corrected chi connectivity index (χ1v) is 16.8. The van der Waals surface area contributed by atoms with E-state index in [1.807, 2.05) is 41.3 Å². The summed E-state index contributed by atoms with van der Waals surface area (Å²) in [5.74, 6) is 1.31. The number of para-hydroxylation sites is 1. The number of likely N-dealkylation sites (tertiary alicyclic amines) is 1. The molecule has 0 radical (unpaired) electrons. The first kappa shape index (κ1) is 34.7. The van der Waals surface area contributed by atoms with Gasteiger partial charge in [0.2, 0.25) is 11.9 Å². The number of anilines is 4. The molecule has 3 aromatic rings. The Morgan fingerprint density at radius 2 is 2.05 bits per heavy atom. The second kappa shape index (κ2) is 16.3. The molecule has 1 aliphatic heterocycles. The van der Waals surface area contributed by atoms with Gasteiger partial charge in [-0.2, -0.15) is 11.1 Å². The number of carbonyl (C=O) groups is 1. The van der Waals surface area contributed by atoms with Gasteiger partial charge in [-0.3, -0.25) is 11.2 Å². The molecule has 1 fully saturated rings. The molecule has 0 atom stereocenters. The molecule has 2 aromatic carbocycles. The first-order chi connectivity index (χ1) is 20.2. The van der Waals surface area contributed by atoms with Crippen molar-refractivity contribution < 1.29 is 33.0 Å². The van der Waals surface area contributed by atoms with Gasteiger partial charge < -0.3 is 36.7 Å². The molecule has 224 valence electrons. The average molecular weight is 615 g/mol. The van der Waals surface area contributed by atoms with Crippen LogP contribution in [0.2, 0.25) is 5.02 Å². The van der Waals surface area contributed by atoms with E-state index in [0.717, 1.165) is 43.5 Å². The van der Waals surface area contributed by atoms with E-state index in [-0.39, 0.29) is 24.8 Å². The molecule has 2 N–H and O–H groups in total. The van der Waals surface area contributed by atoms with E-state index in [1.54, 1.807) is 19.4 Å². The van der Waals surface area contributed by atoms with Crippen LogP contribution in [0.4, 0.5) is 23.1 Å². The molecule has 12 heteroatoms. The number of nitrogens with zero attached hydrogens (tertiary/aromatic N) is 4. The van der Waals surface area contributed by atoms with Crippen molar-refractivity contribution in [2.24, 2.45) is 0 Å². The summed E-state index contributed by atoms with van der Waals surface area (Å²) in [5.41, 5.74) is 1.41. The van der Waals surface area contributed by atoms with Gasteiger partial charge in [-0.25, -0.2) is 4.98 Å². The number of halogens is 1. The van der Waals surface area contributed by atoms with Crippen LogP contribution in [0.5, 0.6) is 5.75 Å². The van der Waals surface area contributed by atoms with E-state index < -0.39 is 7.14 Å². The van der Waals surface area contributed by atoms with Crippen LogP contribution in [0.1, 0.15) is 12.8 Å². The average Bonchev–Trinajstić information content (AvgIpc) is 2.98. The fourth-order valence-electron chi connectivity index (χ4n) is 4.80. The van der Waals surface area contributed by atoms with Gasteiger partial charge in [0.25, 0.3) is 0 Å². The zero-order chi connectivity index (χ0) is 30.1. The Morgan fingerprint density at radius 1 is 1.30 bits per heavy atom. The Bertz CT molecular complexity index is 1430. The summed E-state index contributed by atoms with van der Waals surface area (Å²) in [4.78, 5) is 24.8. The van der Waals surface area contributed by atoms with Gasteiger partial charge in [0.1, 0.15) is 12.2 Å². The summed E-state index contributed by atoms with van der Waals surface area (Å²) in [7, 11) is -2.52. The monoisotopic (exact) mass is 614 g/mol. The van der Waals surface area contributed by atoms with Crippen molar-refractivity contribution in [3.8, 4) is 5.75 Å². The molecule has 0 spiro atoms. The van der Waals surface area contributed by atoms with Crippen molar-refractivity contribution in [3.05, 3.63) is 85.7 Å². The second-order valence-electron chi connectivity index (χ2n) is 10.3. The minimum absolute atomic E-state index is 0. The third-order valence-corrected chi connectivity index (χ3v) is 8.81. The van der Waals surface area contributed by atoms with Crippen molar-refractivity contribution in [3.63, 3.8) is 0 Å². The molecule has 1 saturated heterocycles. The van der Waals surface area contributed by atoms with Gasteiger partial charge in [0.15, 0.2) is 5.82 Å². The molecule has 1 amide bonds. The first-order valence-electron chi connectivity index (χ1n) is 13.8. The summed E-state index contributed by atoms with van der Waals surface area (Å²) >= 11 is 6.38. The molecule has 1 aromatic heterocycles. The third-order valence-electron chi connectivity index (χ3n) is 6.99. The van der Waals surface area contributed by atoms with Crippen molar-refractivity contribution in [2.75, 3.05) is 56.7 Å². The Labute approximate surface area is 272 Å². The molecule has 9 nitrogen and oxygen atoms in total. The number of hydrogen-bond acceptors (Lipinski definition) is 8. The van der Waals surface area contributed by atoms with Crippen molar-refractivity contribution in [2.45, 2.75) is 18.9 Å². The quantitative estimate of drug-likeness (QED) is 0.0997. The van der Waals surface area contributed by atoms with E-state index in [9.17, 15) is 9.36 Å². The van der Waals surface area contributed by atoms with Crippen molar-refractivity contribution >= 4 is 53.1 Å². The zero-order valence-corrected chi connectivity index (χ0v) is 26.7. The maximum atomic E-state index is 12.8. The maximum Gasteiger partial charge on any atom is 1.00 e. The van der Waals surface area contributed by atoms with Crippen LogP contribution in [-0.4, -0.2) is 77.8 Å². The SMILES string of the molecule is C=CC(=O)N1CCC(N(C[CH2-])C[CH-]COc2[c-]ccc(Nc3ncc(Cl)c(Nc4ccccc4P(C)(C)=O)n3)c2)CC1.[Li+]. The van der Waals surface area contributed by atoms with E-state index >= 15 is 0 Å². The van der Waals surface area contributed by atoms with Crippen LogP contribution in [0.3, 0.4) is 0 Å². The predicted octanol–water partition coefficient (Wildman–Crippen LogP) is 2.57. The number of nitrogens with one attached hydrogen (secondary N) is 2. The Hall–Kier alpha value is -2.79. The summed E-state index contributed by atoms with van der Waals surface area (Å²) in [6, 6.07) is 16.3. The van der Waals surface area contributed by atoms with Gasteiger partial charge in [-0.15, -0.1) is 31.3 Å². The molecule has 0 saturated carbocycles. The molecule has 2 heterocycles. The molecular formula is C31H37ClLiN6O3P-2. The number of hydrogen-bond donors (Lipinski definition) is 2. The summed E-state index contributed by atoms with van der Waals surface area (Å²) < 4.78 is 18.7. The number of amides is 1. The topological polar surface area (TPSA) is 99.7 Å². The molecule has 1 aliphatic rings. The summed E-state index contributed by atoms with van der Waals surface area (Å²) in [6.45, 7) is 14.4. The van der Waals surface area contributed by atoms with E-state index in [4.69, 9.17) is 16.3 Å². The molecule has 0 unspecified atom stereocenters. The van der Waals surface area contributed by atoms with Gasteiger partial charge in [0.05, 0.1) is 11.9 Å². The normalized spacial score (nSPS) is 13.7. The van der Waals surface area contributed by atoms with E-state index in [0.29, 0.717) is 47.4 Å². The number of ether oxygens (including phenoxy) is 1. The van der Waals surface area contributed by atoms with E-state index in [2.05, 4.69) is 51.5 Å². The Balaban J connectivity index is 0.00000506. The number of piperidine rings is 1. The summed E-state index contributed by atoms with van der Waals surface area (Å²) in [6.07, 6.45) is 6.79. The number of benzene rings is 2. The number of carbonyl (C=O) groups excluding carboxylic acids is 1. The fraction of sp³-hybridized carbons (Fsp3) is 0.323. The van der Waals surface area contributed by atoms with Crippen LogP contribution in [0, 0.1) is 19.4 Å². The minimum atomic E-state index is -2.52. The molecule has 43 heavy (non-hydrogen) atoms. The summed E-state index contributed by atoms with van der Waals surface area (Å²) in [5, 5.41) is 7.45. The Kier molecular flexibility index (Phi) is 13.2.